The third kappa shape index (κ3) is 3.92. The van der Waals surface area contributed by atoms with Crippen LogP contribution in [-0.2, 0) is 25.0 Å². The Morgan fingerprint density at radius 2 is 2.08 bits per heavy atom. The quantitative estimate of drug-likeness (QED) is 0.686. The van der Waals surface area contributed by atoms with E-state index in [0.717, 1.165) is 15.5 Å². The van der Waals surface area contributed by atoms with Gasteiger partial charge in [-0.1, -0.05) is 0 Å². The van der Waals surface area contributed by atoms with Crippen LogP contribution in [0.1, 0.15) is 42.8 Å². The number of aromatic nitrogens is 4. The Hall–Kier alpha value is -1.96. The standard InChI is InChI=1S/C16H25FN4O3/c1-5-24-11-20-10-18-13-12(20)14(22)21(15(23)19(13)4)9-7-6-8-16(2,3)17/h10H,5-9,11H2,1-4H3/i11D2. The number of fused-ring (bicyclic) bond motifs is 1. The van der Waals surface area contributed by atoms with Crippen molar-refractivity contribution in [1.82, 2.24) is 18.7 Å². The van der Waals surface area contributed by atoms with E-state index in [4.69, 9.17) is 7.48 Å². The fraction of sp³-hybridized carbons (Fsp3) is 0.688. The molecular formula is C16H25FN4O3. The first kappa shape index (κ1) is 15.6. The fourth-order valence-corrected chi connectivity index (χ4v) is 2.49. The molecule has 0 saturated carbocycles. The molecule has 0 radical (unpaired) electrons. The zero-order valence-electron chi connectivity index (χ0n) is 16.5. The monoisotopic (exact) mass is 342 g/mol. The van der Waals surface area contributed by atoms with Gasteiger partial charge >= 0.3 is 5.69 Å². The molecule has 2 aromatic heterocycles. The van der Waals surface area contributed by atoms with Crippen LogP contribution < -0.4 is 11.2 Å². The van der Waals surface area contributed by atoms with Crippen LogP contribution in [-0.4, -0.2) is 31.0 Å². The van der Waals surface area contributed by atoms with Crippen molar-refractivity contribution in [1.29, 1.82) is 0 Å². The summed E-state index contributed by atoms with van der Waals surface area (Å²) in [6.45, 7) is 2.57. The number of hydrogen-bond acceptors (Lipinski definition) is 4. The maximum absolute atomic E-state index is 13.6. The van der Waals surface area contributed by atoms with Gasteiger partial charge in [-0.3, -0.25) is 13.9 Å². The molecule has 0 aliphatic carbocycles. The Labute approximate surface area is 142 Å². The second-order valence-electron chi connectivity index (χ2n) is 6.29. The molecule has 2 heterocycles. The zero-order valence-corrected chi connectivity index (χ0v) is 14.5. The predicted molar refractivity (Wildman–Crippen MR) is 89.9 cm³/mol. The molecule has 0 saturated heterocycles. The summed E-state index contributed by atoms with van der Waals surface area (Å²) in [5.74, 6) is 0. The molecule has 2 aromatic rings. The van der Waals surface area contributed by atoms with Crippen LogP contribution in [0.15, 0.2) is 15.9 Å². The van der Waals surface area contributed by atoms with E-state index in [1.807, 2.05) is 0 Å². The highest BCUT2D eigenvalue weighted by atomic mass is 19.1. The van der Waals surface area contributed by atoms with E-state index in [-0.39, 0.29) is 24.3 Å². The summed E-state index contributed by atoms with van der Waals surface area (Å²) in [5.41, 5.74) is -2.43. The summed E-state index contributed by atoms with van der Waals surface area (Å²) in [7, 11) is 1.47. The maximum atomic E-state index is 13.6. The topological polar surface area (TPSA) is 71.1 Å². The summed E-state index contributed by atoms with van der Waals surface area (Å²) in [6.07, 6.45) is 2.46. The average Bonchev–Trinajstić information content (AvgIpc) is 2.97. The van der Waals surface area contributed by atoms with Crippen LogP contribution in [0.4, 0.5) is 4.39 Å². The maximum Gasteiger partial charge on any atom is 0.332 e. The second-order valence-corrected chi connectivity index (χ2v) is 6.29. The van der Waals surface area contributed by atoms with E-state index >= 15 is 0 Å². The molecule has 24 heavy (non-hydrogen) atoms. The Bertz CT molecular complexity index is 896. The van der Waals surface area contributed by atoms with Crippen LogP contribution in [0.2, 0.25) is 0 Å². The molecule has 0 atom stereocenters. The highest BCUT2D eigenvalue weighted by Gasteiger charge is 2.17. The normalized spacial score (nSPS) is 14.0. The molecule has 2 rings (SSSR count). The van der Waals surface area contributed by atoms with Gasteiger partial charge in [0.25, 0.3) is 5.56 Å². The second kappa shape index (κ2) is 7.29. The van der Waals surface area contributed by atoms with E-state index in [2.05, 4.69) is 4.98 Å². The van der Waals surface area contributed by atoms with E-state index in [9.17, 15) is 14.0 Å². The first-order valence-corrected chi connectivity index (χ1v) is 8.00. The highest BCUT2D eigenvalue weighted by Crippen LogP contribution is 2.17. The van der Waals surface area contributed by atoms with Crippen molar-refractivity contribution < 1.29 is 11.9 Å². The Morgan fingerprint density at radius 1 is 1.38 bits per heavy atom. The van der Waals surface area contributed by atoms with E-state index in [0.29, 0.717) is 19.3 Å². The van der Waals surface area contributed by atoms with Gasteiger partial charge in [0.2, 0.25) is 0 Å². The molecule has 134 valence electrons. The van der Waals surface area contributed by atoms with Gasteiger partial charge < -0.3 is 9.30 Å². The lowest BCUT2D eigenvalue weighted by Crippen LogP contribution is -2.39. The molecule has 0 aliphatic heterocycles. The molecule has 7 nitrogen and oxygen atoms in total. The SMILES string of the molecule is [2H]C([2H])(OCC)n1cnc2c1c(=O)n(CCCCC(C)(C)F)c(=O)n2C. The van der Waals surface area contributed by atoms with Crippen molar-refractivity contribution in [2.24, 2.45) is 7.05 Å². The molecule has 0 aliphatic rings. The van der Waals surface area contributed by atoms with Crippen LogP contribution >= 0.6 is 0 Å². The third-order valence-electron chi connectivity index (χ3n) is 3.74. The van der Waals surface area contributed by atoms with Crippen LogP contribution in [0, 0.1) is 0 Å². The number of alkyl halides is 1. The third-order valence-corrected chi connectivity index (χ3v) is 3.74. The minimum Gasteiger partial charge on any atom is -0.361 e. The zero-order chi connectivity index (χ0) is 19.7. The largest absolute Gasteiger partial charge is 0.361 e. The first-order valence-electron chi connectivity index (χ1n) is 9.00. The van der Waals surface area contributed by atoms with E-state index < -0.39 is 23.6 Å². The average molecular weight is 342 g/mol. The number of hydrogen-bond donors (Lipinski definition) is 0. The molecule has 0 aromatic carbocycles. The highest BCUT2D eigenvalue weighted by molar-refractivity contribution is 5.69. The molecule has 0 amide bonds. The van der Waals surface area contributed by atoms with Gasteiger partial charge in [-0.15, -0.1) is 0 Å². The van der Waals surface area contributed by atoms with Crippen LogP contribution in [0.3, 0.4) is 0 Å². The number of ether oxygens (including phenoxy) is 1. The van der Waals surface area contributed by atoms with Crippen molar-refractivity contribution in [2.75, 3.05) is 6.61 Å². The van der Waals surface area contributed by atoms with Crippen LogP contribution in [0.25, 0.3) is 11.2 Å². The summed E-state index contributed by atoms with van der Waals surface area (Å²) in [4.78, 5) is 29.3. The summed E-state index contributed by atoms with van der Waals surface area (Å²) in [6, 6.07) is 0. The summed E-state index contributed by atoms with van der Waals surface area (Å²) in [5, 5.41) is 0. The van der Waals surface area contributed by atoms with Crippen LogP contribution in [0.5, 0.6) is 0 Å². The Balaban J connectivity index is 2.46. The van der Waals surface area contributed by atoms with Gasteiger partial charge in [0.05, 0.1) is 9.07 Å². The number of imidazole rings is 1. The minimum atomic E-state index is -2.27. The molecule has 0 bridgehead atoms. The van der Waals surface area contributed by atoms with Gasteiger partial charge in [0, 0.05) is 20.2 Å². The molecule has 0 fully saturated rings. The lowest BCUT2D eigenvalue weighted by Gasteiger charge is -2.14. The smallest absolute Gasteiger partial charge is 0.332 e. The van der Waals surface area contributed by atoms with Gasteiger partial charge in [0.1, 0.15) is 12.4 Å². The molecule has 0 spiro atoms. The van der Waals surface area contributed by atoms with Gasteiger partial charge in [0.15, 0.2) is 11.2 Å². The van der Waals surface area contributed by atoms with Crippen molar-refractivity contribution in [3.8, 4) is 0 Å². The van der Waals surface area contributed by atoms with Gasteiger partial charge in [-0.25, -0.2) is 14.2 Å². The fourth-order valence-electron chi connectivity index (χ4n) is 2.49. The van der Waals surface area contributed by atoms with Crippen molar-refractivity contribution >= 4 is 11.2 Å². The minimum absolute atomic E-state index is 0.0450. The Morgan fingerprint density at radius 3 is 2.71 bits per heavy atom. The van der Waals surface area contributed by atoms with E-state index in [1.165, 1.54) is 25.5 Å². The van der Waals surface area contributed by atoms with Gasteiger partial charge in [-0.2, -0.15) is 0 Å². The Kier molecular flexibility index (Phi) is 4.73. The van der Waals surface area contributed by atoms with E-state index in [1.54, 1.807) is 6.92 Å². The number of rotatable bonds is 8. The number of nitrogens with zero attached hydrogens (tertiary/aromatic N) is 4. The lowest BCUT2D eigenvalue weighted by molar-refractivity contribution is 0.0903. The summed E-state index contributed by atoms with van der Waals surface area (Å²) >= 11 is 0. The molecular weight excluding hydrogens is 315 g/mol. The number of aryl methyl sites for hydroxylation is 1. The summed E-state index contributed by atoms with van der Waals surface area (Å²) < 4.78 is 37.8. The first-order chi connectivity index (χ1) is 12.0. The van der Waals surface area contributed by atoms with Crippen molar-refractivity contribution in [2.45, 2.75) is 58.9 Å². The number of halogens is 1. The molecule has 0 N–H and O–H groups in total. The van der Waals surface area contributed by atoms with Gasteiger partial charge in [-0.05, 0) is 40.0 Å². The number of unbranched alkanes of at least 4 members (excludes halogenated alkanes) is 1. The molecule has 0 unspecified atom stereocenters. The predicted octanol–water partition coefficient (Wildman–Crippen LogP) is 1.81. The lowest BCUT2D eigenvalue weighted by atomic mass is 10.0. The van der Waals surface area contributed by atoms with Crippen molar-refractivity contribution in [3.05, 3.63) is 27.2 Å². The van der Waals surface area contributed by atoms with Crippen molar-refractivity contribution in [3.63, 3.8) is 0 Å². The molecule has 8 heteroatoms.